The first kappa shape index (κ1) is 15.2. The van der Waals surface area contributed by atoms with Crippen LogP contribution in [0.15, 0.2) is 28.7 Å². The zero-order valence-electron chi connectivity index (χ0n) is 11.8. The van der Waals surface area contributed by atoms with Crippen LogP contribution in [0.5, 0.6) is 0 Å². The second-order valence-corrected chi connectivity index (χ2v) is 7.57. The van der Waals surface area contributed by atoms with Gasteiger partial charge in [-0.2, -0.15) is 0 Å². The lowest BCUT2D eigenvalue weighted by Crippen LogP contribution is -2.31. The molecule has 0 aliphatic heterocycles. The van der Waals surface area contributed by atoms with E-state index in [1.807, 2.05) is 38.3 Å². The molecule has 0 radical (unpaired) electrons. The van der Waals surface area contributed by atoms with Gasteiger partial charge in [-0.05, 0) is 17.4 Å². The molecule has 0 saturated carbocycles. The van der Waals surface area contributed by atoms with E-state index >= 15 is 0 Å². The number of aromatic nitrogens is 2. The zero-order chi connectivity index (χ0) is 14.8. The van der Waals surface area contributed by atoms with Crippen LogP contribution >= 0.6 is 11.3 Å². The molecule has 20 heavy (non-hydrogen) atoms. The van der Waals surface area contributed by atoms with Crippen molar-refractivity contribution in [1.29, 1.82) is 0 Å². The number of thiophene rings is 1. The molecule has 0 amide bonds. The number of nitrogens with zero attached hydrogens (tertiary/aromatic N) is 1. The van der Waals surface area contributed by atoms with Gasteiger partial charge < -0.3 is 4.98 Å². The number of aromatic amines is 1. The maximum Gasteiger partial charge on any atom is 0.258 e. The van der Waals surface area contributed by atoms with Crippen LogP contribution in [0.3, 0.4) is 0 Å². The lowest BCUT2D eigenvalue weighted by atomic mass is 10.0. The fraction of sp³-hybridized carbons (Fsp3) is 0.462. The lowest BCUT2D eigenvalue weighted by Gasteiger charge is -2.20. The quantitative estimate of drug-likeness (QED) is 0.861. The molecule has 2 N–H and O–H groups in total. The number of imidazole rings is 1. The first-order chi connectivity index (χ1) is 9.44. The third-order valence-electron chi connectivity index (χ3n) is 3.03. The van der Waals surface area contributed by atoms with Crippen LogP contribution in [0.1, 0.15) is 37.5 Å². The van der Waals surface area contributed by atoms with Gasteiger partial charge in [-0.25, -0.2) is 18.1 Å². The maximum absolute atomic E-state index is 12.4. The van der Waals surface area contributed by atoms with Crippen molar-refractivity contribution in [2.45, 2.75) is 38.3 Å². The number of sulfonamides is 1. The highest BCUT2D eigenvalue weighted by Gasteiger charge is 2.25. The molecule has 2 heterocycles. The average molecular weight is 313 g/mol. The van der Waals surface area contributed by atoms with Crippen LogP contribution in [0, 0.1) is 5.92 Å². The Hall–Kier alpha value is -1.18. The Kier molecular flexibility index (Phi) is 4.62. The van der Waals surface area contributed by atoms with Crippen molar-refractivity contribution in [3.05, 3.63) is 34.4 Å². The highest BCUT2D eigenvalue weighted by molar-refractivity contribution is 7.89. The number of hydrogen-bond acceptors (Lipinski definition) is 4. The first-order valence-electron chi connectivity index (χ1n) is 6.53. The molecule has 2 aromatic heterocycles. The standard InChI is InChI=1S/C13H19N3O2S2/c1-4-11-14-8-12(15-11)20(17,18)16-13(9(2)3)10-6-5-7-19-10/h5-9,13,16H,4H2,1-3H3,(H,14,15). The average Bonchev–Trinajstić information content (AvgIpc) is 3.06. The van der Waals surface area contributed by atoms with Gasteiger partial charge >= 0.3 is 0 Å². The number of hydrogen-bond donors (Lipinski definition) is 2. The Morgan fingerprint density at radius 2 is 2.20 bits per heavy atom. The minimum absolute atomic E-state index is 0.122. The first-order valence-corrected chi connectivity index (χ1v) is 8.90. The van der Waals surface area contributed by atoms with E-state index in [4.69, 9.17) is 0 Å². The monoisotopic (exact) mass is 313 g/mol. The molecular formula is C13H19N3O2S2. The third kappa shape index (κ3) is 3.28. The minimum Gasteiger partial charge on any atom is -0.332 e. The summed E-state index contributed by atoms with van der Waals surface area (Å²) in [7, 11) is -3.58. The van der Waals surface area contributed by atoms with Gasteiger partial charge in [0.15, 0.2) is 5.03 Å². The Bertz CT molecular complexity index is 645. The van der Waals surface area contributed by atoms with E-state index in [2.05, 4.69) is 14.7 Å². The Balaban J connectivity index is 2.25. The highest BCUT2D eigenvalue weighted by atomic mass is 32.2. The van der Waals surface area contributed by atoms with Crippen molar-refractivity contribution in [3.8, 4) is 0 Å². The van der Waals surface area contributed by atoms with Crippen LogP contribution in [0.2, 0.25) is 0 Å². The maximum atomic E-state index is 12.4. The molecule has 0 bridgehead atoms. The number of H-pyrrole nitrogens is 1. The van der Waals surface area contributed by atoms with Crippen LogP contribution in [-0.2, 0) is 16.4 Å². The van der Waals surface area contributed by atoms with E-state index in [0.717, 1.165) is 4.88 Å². The van der Waals surface area contributed by atoms with Crippen LogP contribution in [-0.4, -0.2) is 18.4 Å². The fourth-order valence-corrected chi connectivity index (χ4v) is 4.21. The summed E-state index contributed by atoms with van der Waals surface area (Å²) in [5.74, 6) is 0.833. The van der Waals surface area contributed by atoms with Gasteiger partial charge in [0, 0.05) is 11.3 Å². The molecule has 0 fully saturated rings. The smallest absolute Gasteiger partial charge is 0.258 e. The summed E-state index contributed by atoms with van der Waals surface area (Å²) in [6, 6.07) is 3.64. The Morgan fingerprint density at radius 1 is 1.45 bits per heavy atom. The Labute approximate surface area is 123 Å². The second-order valence-electron chi connectivity index (χ2n) is 4.91. The molecule has 110 valence electrons. The minimum atomic E-state index is -3.58. The molecule has 2 aromatic rings. The molecule has 0 aliphatic carbocycles. The van der Waals surface area contributed by atoms with Crippen LogP contribution in [0.4, 0.5) is 0 Å². The van der Waals surface area contributed by atoms with E-state index in [0.29, 0.717) is 12.2 Å². The van der Waals surface area contributed by atoms with E-state index in [-0.39, 0.29) is 17.0 Å². The Morgan fingerprint density at radius 3 is 2.70 bits per heavy atom. The van der Waals surface area contributed by atoms with E-state index in [9.17, 15) is 8.42 Å². The molecule has 2 rings (SSSR count). The van der Waals surface area contributed by atoms with Gasteiger partial charge in [-0.1, -0.05) is 26.8 Å². The summed E-state index contributed by atoms with van der Waals surface area (Å²) in [6.45, 7) is 5.92. The lowest BCUT2D eigenvalue weighted by molar-refractivity contribution is 0.468. The van der Waals surface area contributed by atoms with Crippen molar-refractivity contribution >= 4 is 21.4 Å². The summed E-state index contributed by atoms with van der Waals surface area (Å²) in [5.41, 5.74) is 0. The third-order valence-corrected chi connectivity index (χ3v) is 5.33. The fourth-order valence-electron chi connectivity index (χ4n) is 1.88. The van der Waals surface area contributed by atoms with Crippen molar-refractivity contribution in [1.82, 2.24) is 14.7 Å². The van der Waals surface area contributed by atoms with Crippen LogP contribution in [0.25, 0.3) is 0 Å². The summed E-state index contributed by atoms with van der Waals surface area (Å²) >= 11 is 1.55. The topological polar surface area (TPSA) is 74.8 Å². The largest absolute Gasteiger partial charge is 0.332 e. The van der Waals surface area contributed by atoms with Crippen LogP contribution < -0.4 is 4.72 Å². The summed E-state index contributed by atoms with van der Waals surface area (Å²) in [6.07, 6.45) is 2.04. The molecule has 0 aromatic carbocycles. The number of rotatable bonds is 6. The molecule has 5 nitrogen and oxygen atoms in total. The highest BCUT2D eigenvalue weighted by Crippen LogP contribution is 2.27. The summed E-state index contributed by atoms with van der Waals surface area (Å²) in [4.78, 5) is 7.89. The molecule has 1 atom stereocenters. The number of nitrogens with one attached hydrogen (secondary N) is 2. The molecule has 7 heteroatoms. The normalized spacial score (nSPS) is 13.8. The summed E-state index contributed by atoms with van der Waals surface area (Å²) < 4.78 is 27.5. The van der Waals surface area contributed by atoms with E-state index in [1.165, 1.54) is 6.20 Å². The molecule has 0 aliphatic rings. The SMILES string of the molecule is CCc1ncc(S(=O)(=O)NC(c2cccs2)C(C)C)[nH]1. The van der Waals surface area contributed by atoms with Crippen molar-refractivity contribution in [2.75, 3.05) is 0 Å². The van der Waals surface area contributed by atoms with Gasteiger partial charge in [0.1, 0.15) is 5.82 Å². The summed E-state index contributed by atoms with van der Waals surface area (Å²) in [5, 5.41) is 2.07. The molecule has 1 unspecified atom stereocenters. The van der Waals surface area contributed by atoms with E-state index < -0.39 is 10.0 Å². The van der Waals surface area contributed by atoms with Gasteiger partial charge in [-0.3, -0.25) is 0 Å². The van der Waals surface area contributed by atoms with Crippen molar-refractivity contribution in [3.63, 3.8) is 0 Å². The van der Waals surface area contributed by atoms with Gasteiger partial charge in [-0.15, -0.1) is 11.3 Å². The van der Waals surface area contributed by atoms with Crippen molar-refractivity contribution in [2.24, 2.45) is 5.92 Å². The van der Waals surface area contributed by atoms with Gasteiger partial charge in [0.2, 0.25) is 0 Å². The predicted molar refractivity (Wildman–Crippen MR) is 80.2 cm³/mol. The van der Waals surface area contributed by atoms with E-state index in [1.54, 1.807) is 11.3 Å². The molecule has 0 saturated heterocycles. The molecule has 0 spiro atoms. The second kappa shape index (κ2) is 6.07. The number of aryl methyl sites for hydroxylation is 1. The molecular weight excluding hydrogens is 294 g/mol. The van der Waals surface area contributed by atoms with Gasteiger partial charge in [0.25, 0.3) is 10.0 Å². The van der Waals surface area contributed by atoms with Crippen molar-refractivity contribution < 1.29 is 8.42 Å². The predicted octanol–water partition coefficient (Wildman–Crippen LogP) is 2.71. The van der Waals surface area contributed by atoms with Gasteiger partial charge in [0.05, 0.1) is 12.2 Å². The zero-order valence-corrected chi connectivity index (χ0v) is 13.4.